The molecular formula is C14H24N2O. The predicted octanol–water partition coefficient (Wildman–Crippen LogP) is 3.81. The van der Waals surface area contributed by atoms with Crippen molar-refractivity contribution >= 4 is 0 Å². The molecule has 1 aliphatic carbocycles. The van der Waals surface area contributed by atoms with Gasteiger partial charge < -0.3 is 4.52 Å². The first-order valence-electron chi connectivity index (χ1n) is 6.73. The first-order chi connectivity index (χ1) is 7.91. The topological polar surface area (TPSA) is 38.9 Å². The second-order valence-electron chi connectivity index (χ2n) is 6.40. The maximum absolute atomic E-state index is 5.27. The van der Waals surface area contributed by atoms with Gasteiger partial charge in [-0.15, -0.1) is 0 Å². The first-order valence-corrected chi connectivity index (χ1v) is 6.73. The van der Waals surface area contributed by atoms with E-state index in [0.717, 1.165) is 24.1 Å². The molecule has 1 unspecified atom stereocenters. The molecule has 0 N–H and O–H groups in total. The quantitative estimate of drug-likeness (QED) is 0.801. The van der Waals surface area contributed by atoms with Crippen LogP contribution >= 0.6 is 0 Å². The molecule has 0 aliphatic heterocycles. The fourth-order valence-electron chi connectivity index (χ4n) is 2.77. The lowest BCUT2D eigenvalue weighted by Gasteiger charge is -2.30. The van der Waals surface area contributed by atoms with E-state index in [1.165, 1.54) is 12.8 Å². The number of hydrogen-bond acceptors (Lipinski definition) is 3. The zero-order valence-electron chi connectivity index (χ0n) is 11.7. The molecule has 0 radical (unpaired) electrons. The summed E-state index contributed by atoms with van der Waals surface area (Å²) in [6.45, 7) is 11.3. The Balaban J connectivity index is 2.06. The van der Waals surface area contributed by atoms with E-state index < -0.39 is 0 Å². The average molecular weight is 236 g/mol. The van der Waals surface area contributed by atoms with Crippen molar-refractivity contribution in [2.45, 2.75) is 59.8 Å². The van der Waals surface area contributed by atoms with Crippen molar-refractivity contribution in [1.29, 1.82) is 0 Å². The molecule has 1 saturated carbocycles. The Labute approximate surface area is 104 Å². The summed E-state index contributed by atoms with van der Waals surface area (Å²) in [5.74, 6) is 3.47. The van der Waals surface area contributed by atoms with Crippen LogP contribution < -0.4 is 0 Å². The largest absolute Gasteiger partial charge is 0.339 e. The summed E-state index contributed by atoms with van der Waals surface area (Å²) >= 11 is 0. The minimum Gasteiger partial charge on any atom is -0.339 e. The Hall–Kier alpha value is -0.860. The van der Waals surface area contributed by atoms with E-state index in [-0.39, 0.29) is 0 Å². The molecule has 1 fully saturated rings. The van der Waals surface area contributed by atoms with Crippen molar-refractivity contribution in [2.75, 3.05) is 0 Å². The van der Waals surface area contributed by atoms with Gasteiger partial charge in [0, 0.05) is 12.3 Å². The summed E-state index contributed by atoms with van der Waals surface area (Å²) in [7, 11) is 0. The molecule has 17 heavy (non-hydrogen) atoms. The molecule has 96 valence electrons. The fourth-order valence-corrected chi connectivity index (χ4v) is 2.77. The Morgan fingerprint density at radius 3 is 2.53 bits per heavy atom. The van der Waals surface area contributed by atoms with E-state index in [9.17, 15) is 0 Å². The Morgan fingerprint density at radius 2 is 2.06 bits per heavy atom. The van der Waals surface area contributed by atoms with Crippen LogP contribution in [0.1, 0.15) is 65.1 Å². The Kier molecular flexibility index (Phi) is 3.28. The monoisotopic (exact) mass is 236 g/mol. The summed E-state index contributed by atoms with van der Waals surface area (Å²) in [6.07, 6.45) is 3.58. The van der Waals surface area contributed by atoms with E-state index in [2.05, 4.69) is 44.8 Å². The van der Waals surface area contributed by atoms with Crippen molar-refractivity contribution in [3.05, 3.63) is 11.7 Å². The SMILES string of the molecule is CC(C)c1nc(C[C@@H]2CCC(C)C2(C)C)no1. The lowest BCUT2D eigenvalue weighted by molar-refractivity contribution is 0.194. The van der Waals surface area contributed by atoms with Crippen LogP contribution in [0.3, 0.4) is 0 Å². The molecule has 2 atom stereocenters. The van der Waals surface area contributed by atoms with E-state index in [0.29, 0.717) is 17.3 Å². The van der Waals surface area contributed by atoms with Crippen molar-refractivity contribution in [1.82, 2.24) is 10.1 Å². The van der Waals surface area contributed by atoms with Gasteiger partial charge in [-0.3, -0.25) is 0 Å². The van der Waals surface area contributed by atoms with Gasteiger partial charge in [0.15, 0.2) is 5.82 Å². The molecule has 0 spiro atoms. The second-order valence-corrected chi connectivity index (χ2v) is 6.40. The van der Waals surface area contributed by atoms with Crippen molar-refractivity contribution in [3.63, 3.8) is 0 Å². The first kappa shape index (κ1) is 12.6. The van der Waals surface area contributed by atoms with Gasteiger partial charge in [0.1, 0.15) is 0 Å². The molecule has 0 aromatic carbocycles. The van der Waals surface area contributed by atoms with Crippen LogP contribution in [0.4, 0.5) is 0 Å². The maximum Gasteiger partial charge on any atom is 0.229 e. The average Bonchev–Trinajstić information content (AvgIpc) is 2.79. The highest BCUT2D eigenvalue weighted by Crippen LogP contribution is 2.48. The van der Waals surface area contributed by atoms with Gasteiger partial charge in [-0.05, 0) is 30.1 Å². The van der Waals surface area contributed by atoms with E-state index in [1.807, 2.05) is 0 Å². The molecule has 3 nitrogen and oxygen atoms in total. The highest BCUT2D eigenvalue weighted by Gasteiger charge is 2.40. The predicted molar refractivity (Wildman–Crippen MR) is 67.8 cm³/mol. The van der Waals surface area contributed by atoms with Gasteiger partial charge in [-0.1, -0.05) is 39.8 Å². The second kappa shape index (κ2) is 4.43. The van der Waals surface area contributed by atoms with Crippen LogP contribution in [0, 0.1) is 17.3 Å². The smallest absolute Gasteiger partial charge is 0.229 e. The molecule has 1 aromatic heterocycles. The van der Waals surface area contributed by atoms with Gasteiger partial charge in [0.05, 0.1) is 0 Å². The van der Waals surface area contributed by atoms with E-state index in [1.54, 1.807) is 0 Å². The van der Waals surface area contributed by atoms with Crippen molar-refractivity contribution < 1.29 is 4.52 Å². The third-order valence-corrected chi connectivity index (χ3v) is 4.68. The van der Waals surface area contributed by atoms with Crippen LogP contribution in [0.25, 0.3) is 0 Å². The van der Waals surface area contributed by atoms with Gasteiger partial charge in [-0.2, -0.15) is 4.98 Å². The van der Waals surface area contributed by atoms with E-state index in [4.69, 9.17) is 4.52 Å². The van der Waals surface area contributed by atoms with Crippen LogP contribution in [0.2, 0.25) is 0 Å². The van der Waals surface area contributed by atoms with Crippen LogP contribution in [0.5, 0.6) is 0 Å². The molecule has 0 amide bonds. The Morgan fingerprint density at radius 1 is 1.35 bits per heavy atom. The van der Waals surface area contributed by atoms with Gasteiger partial charge in [-0.25, -0.2) is 0 Å². The van der Waals surface area contributed by atoms with E-state index >= 15 is 0 Å². The number of rotatable bonds is 3. The summed E-state index contributed by atoms with van der Waals surface area (Å²) in [5, 5.41) is 4.11. The molecule has 1 heterocycles. The molecule has 2 rings (SSSR count). The molecule has 1 aromatic rings. The number of nitrogens with zero attached hydrogens (tertiary/aromatic N) is 2. The minimum atomic E-state index is 0.326. The highest BCUT2D eigenvalue weighted by atomic mass is 16.5. The minimum absolute atomic E-state index is 0.326. The highest BCUT2D eigenvalue weighted by molar-refractivity contribution is 4.98. The summed E-state index contributed by atoms with van der Waals surface area (Å²) in [5.41, 5.74) is 0.401. The van der Waals surface area contributed by atoms with Crippen LogP contribution in [-0.4, -0.2) is 10.1 Å². The number of hydrogen-bond donors (Lipinski definition) is 0. The van der Waals surface area contributed by atoms with Gasteiger partial charge >= 0.3 is 0 Å². The standard InChI is InChI=1S/C14H24N2O/c1-9(2)13-15-12(16-17-13)8-11-7-6-10(3)14(11,4)5/h9-11H,6-8H2,1-5H3/t10?,11-/m0/s1. The normalized spacial score (nSPS) is 27.9. The van der Waals surface area contributed by atoms with Crippen molar-refractivity contribution in [2.24, 2.45) is 17.3 Å². The molecule has 3 heteroatoms. The van der Waals surface area contributed by atoms with Crippen LogP contribution in [-0.2, 0) is 6.42 Å². The fraction of sp³-hybridized carbons (Fsp3) is 0.857. The molecular weight excluding hydrogens is 212 g/mol. The number of aromatic nitrogens is 2. The third kappa shape index (κ3) is 2.38. The molecule has 0 saturated heterocycles. The van der Waals surface area contributed by atoms with Crippen LogP contribution in [0.15, 0.2) is 4.52 Å². The zero-order valence-corrected chi connectivity index (χ0v) is 11.7. The lowest BCUT2D eigenvalue weighted by atomic mass is 9.75. The molecule has 1 aliphatic rings. The summed E-state index contributed by atoms with van der Waals surface area (Å²) in [6, 6.07) is 0. The Bertz CT molecular complexity index is 381. The van der Waals surface area contributed by atoms with Crippen molar-refractivity contribution in [3.8, 4) is 0 Å². The maximum atomic E-state index is 5.27. The lowest BCUT2D eigenvalue weighted by Crippen LogP contribution is -2.25. The van der Waals surface area contributed by atoms with Gasteiger partial charge in [0.2, 0.25) is 5.89 Å². The summed E-state index contributed by atoms with van der Waals surface area (Å²) in [4.78, 5) is 4.49. The molecule has 0 bridgehead atoms. The zero-order chi connectivity index (χ0) is 12.6. The van der Waals surface area contributed by atoms with Gasteiger partial charge in [0.25, 0.3) is 0 Å². The summed E-state index contributed by atoms with van der Waals surface area (Å²) < 4.78 is 5.27. The third-order valence-electron chi connectivity index (χ3n) is 4.68.